The average Bonchev–Trinajstić information content (AvgIpc) is 2.95. The van der Waals surface area contributed by atoms with Gasteiger partial charge >= 0.3 is 6.03 Å². The standard InChI is InChI=1S/C31H34N4O5/c1-5-38-27-18-12-10-16-25(27)33-31(37)35(20(2)23-13-7-6-8-14-23)21(3)29-30(36)34(19-28-39-22(4)40-28)26-17-11-9-15-24(26)32-29/h6-18,20-22,28H,5,19H2,1-4H3,(H,33,37). The smallest absolute Gasteiger partial charge is 0.323 e. The second-order valence-corrected chi connectivity index (χ2v) is 9.70. The van der Waals surface area contributed by atoms with Gasteiger partial charge in [0.1, 0.15) is 11.4 Å². The first-order valence-corrected chi connectivity index (χ1v) is 13.5. The summed E-state index contributed by atoms with van der Waals surface area (Å²) < 4.78 is 18.6. The number of hydrogen-bond acceptors (Lipinski definition) is 6. The molecule has 0 aliphatic carbocycles. The van der Waals surface area contributed by atoms with Crippen molar-refractivity contribution in [1.29, 1.82) is 0 Å². The molecule has 0 saturated carbocycles. The van der Waals surface area contributed by atoms with Crippen molar-refractivity contribution < 1.29 is 19.0 Å². The van der Waals surface area contributed by atoms with Gasteiger partial charge in [0, 0.05) is 0 Å². The molecule has 2 heterocycles. The lowest BCUT2D eigenvalue weighted by Gasteiger charge is -2.36. The molecule has 208 valence electrons. The zero-order valence-corrected chi connectivity index (χ0v) is 23.1. The summed E-state index contributed by atoms with van der Waals surface area (Å²) in [6.07, 6.45) is -0.836. The maximum Gasteiger partial charge on any atom is 0.323 e. The summed E-state index contributed by atoms with van der Waals surface area (Å²) in [4.78, 5) is 34.4. The largest absolute Gasteiger partial charge is 0.492 e. The van der Waals surface area contributed by atoms with Crippen molar-refractivity contribution >= 4 is 22.8 Å². The van der Waals surface area contributed by atoms with Crippen LogP contribution in [0.2, 0.25) is 0 Å². The zero-order chi connectivity index (χ0) is 28.2. The number of rotatable bonds is 9. The molecule has 0 radical (unpaired) electrons. The lowest BCUT2D eigenvalue weighted by atomic mass is 10.0. The Morgan fingerprint density at radius 1 is 1.00 bits per heavy atom. The van der Waals surface area contributed by atoms with E-state index in [1.807, 2.05) is 100 Å². The van der Waals surface area contributed by atoms with Gasteiger partial charge in [0.15, 0.2) is 12.6 Å². The molecule has 2 unspecified atom stereocenters. The van der Waals surface area contributed by atoms with Crippen molar-refractivity contribution in [2.45, 2.75) is 58.9 Å². The van der Waals surface area contributed by atoms with Gasteiger partial charge in [0.25, 0.3) is 5.56 Å². The number of fused-ring (bicyclic) bond motifs is 1. The highest BCUT2D eigenvalue weighted by Crippen LogP contribution is 2.32. The van der Waals surface area contributed by atoms with Gasteiger partial charge < -0.3 is 29.0 Å². The number of anilines is 1. The molecule has 1 aromatic heterocycles. The Balaban J connectivity index is 1.57. The van der Waals surface area contributed by atoms with E-state index < -0.39 is 12.3 Å². The minimum atomic E-state index is -0.681. The van der Waals surface area contributed by atoms with Crippen LogP contribution in [0.4, 0.5) is 10.5 Å². The molecule has 3 aromatic carbocycles. The molecular formula is C31H34N4O5. The van der Waals surface area contributed by atoms with Crippen molar-refractivity contribution in [1.82, 2.24) is 14.5 Å². The van der Waals surface area contributed by atoms with E-state index in [1.165, 1.54) is 0 Å². The van der Waals surface area contributed by atoms with E-state index in [0.29, 0.717) is 29.1 Å². The molecule has 4 aromatic rings. The van der Waals surface area contributed by atoms with Gasteiger partial charge in [-0.15, -0.1) is 0 Å². The first kappa shape index (κ1) is 27.4. The maximum atomic E-state index is 14.0. The van der Waals surface area contributed by atoms with Crippen molar-refractivity contribution in [3.8, 4) is 5.75 Å². The van der Waals surface area contributed by atoms with Gasteiger partial charge in [-0.2, -0.15) is 0 Å². The molecule has 0 spiro atoms. The van der Waals surface area contributed by atoms with Crippen molar-refractivity contribution in [2.24, 2.45) is 0 Å². The zero-order valence-electron chi connectivity index (χ0n) is 23.1. The van der Waals surface area contributed by atoms with Gasteiger partial charge in [0.05, 0.1) is 42.0 Å². The number of nitrogens with zero attached hydrogens (tertiary/aromatic N) is 3. The van der Waals surface area contributed by atoms with Crippen LogP contribution in [0.5, 0.6) is 5.75 Å². The van der Waals surface area contributed by atoms with Crippen LogP contribution in [0.1, 0.15) is 51.0 Å². The quantitative estimate of drug-likeness (QED) is 0.284. The average molecular weight is 543 g/mol. The van der Waals surface area contributed by atoms with E-state index in [0.717, 1.165) is 5.56 Å². The first-order valence-electron chi connectivity index (χ1n) is 13.5. The molecule has 1 fully saturated rings. The second kappa shape index (κ2) is 11.9. The number of carbonyl (C=O) groups excluding carboxylic acids is 1. The summed E-state index contributed by atoms with van der Waals surface area (Å²) >= 11 is 0. The van der Waals surface area contributed by atoms with Crippen molar-refractivity contribution in [3.63, 3.8) is 0 Å². The SMILES string of the molecule is CCOc1ccccc1NC(=O)N(C(C)c1ccccc1)C(C)c1nc2ccccc2n(CC2OC(C)O2)c1=O. The molecule has 2 atom stereocenters. The Hall–Kier alpha value is -4.21. The van der Waals surface area contributed by atoms with Gasteiger partial charge in [0.2, 0.25) is 0 Å². The monoisotopic (exact) mass is 542 g/mol. The Morgan fingerprint density at radius 3 is 2.40 bits per heavy atom. The van der Waals surface area contributed by atoms with Gasteiger partial charge in [-0.3, -0.25) is 4.79 Å². The van der Waals surface area contributed by atoms with E-state index in [-0.39, 0.29) is 36.2 Å². The van der Waals surface area contributed by atoms with E-state index >= 15 is 0 Å². The van der Waals surface area contributed by atoms with Crippen LogP contribution in [0, 0.1) is 0 Å². The topological polar surface area (TPSA) is 94.9 Å². The van der Waals surface area contributed by atoms with Gasteiger partial charge in [-0.05, 0) is 57.5 Å². The normalized spacial score (nSPS) is 18.0. The maximum absolute atomic E-state index is 14.0. The van der Waals surface area contributed by atoms with E-state index in [1.54, 1.807) is 15.5 Å². The van der Waals surface area contributed by atoms with Crippen molar-refractivity contribution in [2.75, 3.05) is 11.9 Å². The minimum Gasteiger partial charge on any atom is -0.492 e. The molecule has 1 aliphatic heterocycles. The lowest BCUT2D eigenvalue weighted by molar-refractivity contribution is -0.379. The molecule has 9 nitrogen and oxygen atoms in total. The molecule has 1 aliphatic rings. The summed E-state index contributed by atoms with van der Waals surface area (Å²) in [5.74, 6) is 0.569. The summed E-state index contributed by atoms with van der Waals surface area (Å²) in [7, 11) is 0. The number of hydrogen-bond donors (Lipinski definition) is 1. The minimum absolute atomic E-state index is 0.216. The van der Waals surface area contributed by atoms with Crippen LogP contribution < -0.4 is 15.6 Å². The summed E-state index contributed by atoms with van der Waals surface area (Å²) in [5, 5.41) is 3.01. The highest BCUT2D eigenvalue weighted by molar-refractivity contribution is 5.91. The summed E-state index contributed by atoms with van der Waals surface area (Å²) in [5.41, 5.74) is 2.74. The number of para-hydroxylation sites is 4. The van der Waals surface area contributed by atoms with Crippen LogP contribution >= 0.6 is 0 Å². The Labute approximate surface area is 233 Å². The van der Waals surface area contributed by atoms with E-state index in [2.05, 4.69) is 5.32 Å². The fraction of sp³-hybridized carbons (Fsp3) is 0.323. The molecule has 2 amide bonds. The fourth-order valence-electron chi connectivity index (χ4n) is 5.08. The molecule has 0 bridgehead atoms. The number of ether oxygens (including phenoxy) is 3. The number of amides is 2. The van der Waals surface area contributed by atoms with Crippen molar-refractivity contribution in [3.05, 3.63) is 100 Å². The molecule has 1 saturated heterocycles. The molecule has 5 rings (SSSR count). The second-order valence-electron chi connectivity index (χ2n) is 9.70. The number of urea groups is 1. The Bertz CT molecular complexity index is 1530. The molecule has 40 heavy (non-hydrogen) atoms. The number of aromatic nitrogens is 2. The number of nitrogens with one attached hydrogen (secondary N) is 1. The predicted molar refractivity (Wildman–Crippen MR) is 153 cm³/mol. The Kier molecular flexibility index (Phi) is 8.14. The molecular weight excluding hydrogens is 508 g/mol. The van der Waals surface area contributed by atoms with Gasteiger partial charge in [-0.1, -0.05) is 54.6 Å². The van der Waals surface area contributed by atoms with E-state index in [9.17, 15) is 9.59 Å². The molecule has 9 heteroatoms. The summed E-state index contributed by atoms with van der Waals surface area (Å²) in [6.45, 7) is 8.14. The third-order valence-electron chi connectivity index (χ3n) is 7.07. The van der Waals surface area contributed by atoms with Crippen LogP contribution in [0.25, 0.3) is 11.0 Å². The van der Waals surface area contributed by atoms with E-state index in [4.69, 9.17) is 19.2 Å². The summed E-state index contributed by atoms with van der Waals surface area (Å²) in [6, 6.07) is 23.0. The molecule has 1 N–H and O–H groups in total. The van der Waals surface area contributed by atoms with Crippen LogP contribution in [0.3, 0.4) is 0 Å². The number of carbonyl (C=O) groups is 1. The highest BCUT2D eigenvalue weighted by Gasteiger charge is 2.33. The first-order chi connectivity index (χ1) is 19.4. The predicted octanol–water partition coefficient (Wildman–Crippen LogP) is 5.87. The van der Waals surface area contributed by atoms with Crippen LogP contribution in [0.15, 0.2) is 83.7 Å². The Morgan fingerprint density at radius 2 is 1.68 bits per heavy atom. The number of benzene rings is 3. The third kappa shape index (κ3) is 5.57. The van der Waals surface area contributed by atoms with Gasteiger partial charge in [-0.25, -0.2) is 9.78 Å². The highest BCUT2D eigenvalue weighted by atomic mass is 16.9. The van der Waals surface area contributed by atoms with Crippen LogP contribution in [-0.2, 0) is 16.0 Å². The van der Waals surface area contributed by atoms with Crippen LogP contribution in [-0.4, -0.2) is 39.7 Å². The fourth-order valence-corrected chi connectivity index (χ4v) is 5.08. The third-order valence-corrected chi connectivity index (χ3v) is 7.07. The lowest BCUT2D eigenvalue weighted by Crippen LogP contribution is -2.45.